The zero-order valence-corrected chi connectivity index (χ0v) is 14.6. The molecule has 1 N–H and O–H groups in total. The fraction of sp³-hybridized carbons (Fsp3) is 0.278. The Hall–Kier alpha value is -2.01. The third-order valence-corrected chi connectivity index (χ3v) is 3.61. The van der Waals surface area contributed by atoms with Gasteiger partial charge in [0.2, 0.25) is 0 Å². The lowest BCUT2D eigenvalue weighted by atomic mass is 10.2. The molecule has 0 aliphatic heterocycles. The number of carbonyl (C=O) groups is 1. The van der Waals surface area contributed by atoms with Gasteiger partial charge in [0.15, 0.2) is 6.61 Å². The first-order chi connectivity index (χ1) is 11.1. The summed E-state index contributed by atoms with van der Waals surface area (Å²) in [7, 11) is 0. The SMILES string of the molecule is Cc1cccc(OCCCNC(=O)COc2ccc(Br)cc2)c1. The van der Waals surface area contributed by atoms with Crippen molar-refractivity contribution in [2.75, 3.05) is 19.8 Å². The number of carbonyl (C=O) groups excluding carboxylic acids is 1. The predicted octanol–water partition coefficient (Wildman–Crippen LogP) is 3.72. The second-order valence-corrected chi connectivity index (χ2v) is 6.03. The summed E-state index contributed by atoms with van der Waals surface area (Å²) >= 11 is 3.35. The number of benzene rings is 2. The van der Waals surface area contributed by atoms with E-state index in [9.17, 15) is 4.79 Å². The molecule has 0 aliphatic carbocycles. The number of hydrogen-bond donors (Lipinski definition) is 1. The maximum atomic E-state index is 11.7. The van der Waals surface area contributed by atoms with Gasteiger partial charge in [0.25, 0.3) is 5.91 Å². The number of amides is 1. The molecule has 0 fully saturated rings. The smallest absolute Gasteiger partial charge is 0.257 e. The van der Waals surface area contributed by atoms with Gasteiger partial charge in [0.1, 0.15) is 11.5 Å². The second kappa shape index (κ2) is 9.20. The molecular weight excluding hydrogens is 358 g/mol. The van der Waals surface area contributed by atoms with Crippen LogP contribution in [0.2, 0.25) is 0 Å². The van der Waals surface area contributed by atoms with Crippen molar-refractivity contribution in [1.82, 2.24) is 5.32 Å². The number of hydrogen-bond acceptors (Lipinski definition) is 3. The zero-order valence-electron chi connectivity index (χ0n) is 13.0. The van der Waals surface area contributed by atoms with Crippen LogP contribution in [0.5, 0.6) is 11.5 Å². The van der Waals surface area contributed by atoms with Crippen LogP contribution in [0.1, 0.15) is 12.0 Å². The first-order valence-electron chi connectivity index (χ1n) is 7.48. The first kappa shape index (κ1) is 17.3. The summed E-state index contributed by atoms with van der Waals surface area (Å²) in [6, 6.07) is 15.3. The summed E-state index contributed by atoms with van der Waals surface area (Å²) in [5, 5.41) is 2.81. The Morgan fingerprint density at radius 3 is 2.61 bits per heavy atom. The minimum absolute atomic E-state index is 0.0143. The van der Waals surface area contributed by atoms with E-state index < -0.39 is 0 Å². The largest absolute Gasteiger partial charge is 0.494 e. The highest BCUT2D eigenvalue weighted by Gasteiger charge is 2.02. The summed E-state index contributed by atoms with van der Waals surface area (Å²) < 4.78 is 12.0. The highest BCUT2D eigenvalue weighted by molar-refractivity contribution is 9.10. The van der Waals surface area contributed by atoms with Gasteiger partial charge in [-0.3, -0.25) is 4.79 Å². The number of aryl methyl sites for hydroxylation is 1. The van der Waals surface area contributed by atoms with Crippen molar-refractivity contribution in [3.8, 4) is 11.5 Å². The zero-order chi connectivity index (χ0) is 16.5. The molecule has 0 unspecified atom stereocenters. The molecule has 0 radical (unpaired) electrons. The van der Waals surface area contributed by atoms with Crippen LogP contribution in [0.3, 0.4) is 0 Å². The van der Waals surface area contributed by atoms with Gasteiger partial charge >= 0.3 is 0 Å². The molecule has 2 rings (SSSR count). The van der Waals surface area contributed by atoms with Crippen LogP contribution in [0.4, 0.5) is 0 Å². The molecule has 2 aromatic carbocycles. The average molecular weight is 378 g/mol. The quantitative estimate of drug-likeness (QED) is 0.713. The summed E-state index contributed by atoms with van der Waals surface area (Å²) in [6.07, 6.45) is 0.748. The third kappa shape index (κ3) is 6.74. The van der Waals surface area contributed by atoms with E-state index in [0.29, 0.717) is 18.9 Å². The van der Waals surface area contributed by atoms with Crippen LogP contribution >= 0.6 is 15.9 Å². The topological polar surface area (TPSA) is 47.6 Å². The van der Waals surface area contributed by atoms with Gasteiger partial charge in [-0.05, 0) is 55.3 Å². The van der Waals surface area contributed by atoms with Gasteiger partial charge in [-0.15, -0.1) is 0 Å². The summed E-state index contributed by atoms with van der Waals surface area (Å²) in [5.74, 6) is 1.39. The standard InChI is InChI=1S/C18H20BrNO3/c1-14-4-2-5-17(12-14)22-11-3-10-20-18(21)13-23-16-8-6-15(19)7-9-16/h2,4-9,12H,3,10-11,13H2,1H3,(H,20,21). The van der Waals surface area contributed by atoms with E-state index in [0.717, 1.165) is 16.6 Å². The van der Waals surface area contributed by atoms with Crippen LogP contribution in [0, 0.1) is 6.92 Å². The van der Waals surface area contributed by atoms with Crippen molar-refractivity contribution in [1.29, 1.82) is 0 Å². The molecule has 1 amide bonds. The molecule has 23 heavy (non-hydrogen) atoms. The molecule has 122 valence electrons. The Labute approximate surface area is 144 Å². The van der Waals surface area contributed by atoms with Crippen molar-refractivity contribution >= 4 is 21.8 Å². The van der Waals surface area contributed by atoms with Crippen molar-refractivity contribution < 1.29 is 14.3 Å². The number of ether oxygens (including phenoxy) is 2. The van der Waals surface area contributed by atoms with Gasteiger partial charge < -0.3 is 14.8 Å². The molecule has 0 spiro atoms. The van der Waals surface area contributed by atoms with Gasteiger partial charge in [-0.1, -0.05) is 28.1 Å². The fourth-order valence-electron chi connectivity index (χ4n) is 1.93. The minimum atomic E-state index is -0.136. The van der Waals surface area contributed by atoms with Crippen molar-refractivity contribution in [2.24, 2.45) is 0 Å². The Morgan fingerprint density at radius 2 is 1.87 bits per heavy atom. The summed E-state index contributed by atoms with van der Waals surface area (Å²) in [4.78, 5) is 11.7. The highest BCUT2D eigenvalue weighted by atomic mass is 79.9. The van der Waals surface area contributed by atoms with Gasteiger partial charge in [-0.2, -0.15) is 0 Å². The predicted molar refractivity (Wildman–Crippen MR) is 93.9 cm³/mol. The lowest BCUT2D eigenvalue weighted by Crippen LogP contribution is -2.30. The van der Waals surface area contributed by atoms with Crippen molar-refractivity contribution in [3.05, 3.63) is 58.6 Å². The maximum Gasteiger partial charge on any atom is 0.257 e. The lowest BCUT2D eigenvalue weighted by molar-refractivity contribution is -0.123. The van der Waals surface area contributed by atoms with Gasteiger partial charge in [0, 0.05) is 11.0 Å². The highest BCUT2D eigenvalue weighted by Crippen LogP contribution is 2.15. The van der Waals surface area contributed by atoms with E-state index in [1.165, 1.54) is 5.56 Å². The van der Waals surface area contributed by atoms with Crippen LogP contribution in [-0.4, -0.2) is 25.7 Å². The first-order valence-corrected chi connectivity index (χ1v) is 8.27. The normalized spacial score (nSPS) is 10.2. The monoisotopic (exact) mass is 377 g/mol. The molecule has 5 heteroatoms. The van der Waals surface area contributed by atoms with Crippen LogP contribution in [-0.2, 0) is 4.79 Å². The third-order valence-electron chi connectivity index (χ3n) is 3.09. The van der Waals surface area contributed by atoms with E-state index in [1.807, 2.05) is 55.5 Å². The van der Waals surface area contributed by atoms with Crippen LogP contribution < -0.4 is 14.8 Å². The molecule has 0 atom stereocenters. The number of nitrogens with one attached hydrogen (secondary N) is 1. The number of halogens is 1. The average Bonchev–Trinajstić information content (AvgIpc) is 2.54. The maximum absolute atomic E-state index is 11.7. The Kier molecular flexibility index (Phi) is 6.94. The lowest BCUT2D eigenvalue weighted by Gasteiger charge is -2.09. The molecule has 0 aliphatic rings. The molecular formula is C18H20BrNO3. The minimum Gasteiger partial charge on any atom is -0.494 e. The molecule has 0 bridgehead atoms. The van der Waals surface area contributed by atoms with Crippen molar-refractivity contribution in [3.63, 3.8) is 0 Å². The molecule has 0 saturated carbocycles. The summed E-state index contributed by atoms with van der Waals surface area (Å²) in [6.45, 7) is 3.17. The van der Waals surface area contributed by atoms with Crippen LogP contribution in [0.15, 0.2) is 53.0 Å². The fourth-order valence-corrected chi connectivity index (χ4v) is 2.19. The Morgan fingerprint density at radius 1 is 1.09 bits per heavy atom. The van der Waals surface area contributed by atoms with Gasteiger partial charge in [-0.25, -0.2) is 0 Å². The van der Waals surface area contributed by atoms with E-state index in [2.05, 4.69) is 21.2 Å². The number of rotatable bonds is 8. The van der Waals surface area contributed by atoms with Gasteiger partial charge in [0.05, 0.1) is 6.61 Å². The van der Waals surface area contributed by atoms with Crippen LogP contribution in [0.25, 0.3) is 0 Å². The second-order valence-electron chi connectivity index (χ2n) is 5.11. The van der Waals surface area contributed by atoms with E-state index in [1.54, 1.807) is 0 Å². The molecule has 0 heterocycles. The molecule has 0 aromatic heterocycles. The molecule has 0 saturated heterocycles. The summed E-state index contributed by atoms with van der Waals surface area (Å²) in [5.41, 5.74) is 1.17. The van der Waals surface area contributed by atoms with E-state index in [4.69, 9.17) is 9.47 Å². The van der Waals surface area contributed by atoms with E-state index in [-0.39, 0.29) is 12.5 Å². The van der Waals surface area contributed by atoms with E-state index >= 15 is 0 Å². The molecule has 4 nitrogen and oxygen atoms in total. The Bertz CT molecular complexity index is 628. The molecule has 2 aromatic rings. The van der Waals surface area contributed by atoms with Crippen molar-refractivity contribution in [2.45, 2.75) is 13.3 Å². The Balaban J connectivity index is 1.57.